The number of rotatable bonds is 8. The maximum atomic E-state index is 5.07. The van der Waals surface area contributed by atoms with Crippen molar-refractivity contribution in [2.45, 2.75) is 71.8 Å². The van der Waals surface area contributed by atoms with E-state index in [-0.39, 0.29) is 0 Å². The summed E-state index contributed by atoms with van der Waals surface area (Å²) < 4.78 is 0. The maximum absolute atomic E-state index is 5.07. The van der Waals surface area contributed by atoms with Crippen LogP contribution in [-0.2, 0) is 0 Å². The Morgan fingerprint density at radius 1 is 1.20 bits per heavy atom. The van der Waals surface area contributed by atoms with Gasteiger partial charge in [-0.05, 0) is 77.1 Å². The van der Waals surface area contributed by atoms with Gasteiger partial charge >= 0.3 is 0 Å². The highest BCUT2D eigenvalue weighted by Gasteiger charge is 2.55. The predicted octanol–water partition coefficient (Wildman–Crippen LogP) is 4.65. The third-order valence-corrected chi connectivity index (χ3v) is 6.94. The standard InChI is InChI=1S/C25H41N5/c1-6-10-22(28-23(27-5)14-19(3)20-12-8-9-13-20)29-24(11-7-2)30-18-25(17-26-4)15-21(30)16-25/h6,10-11,14,20-21,26H,7-9,12-13,15-18H2,1-5H3,(H,27,28,29)/b10-6-,19-14+,24-11-. The molecule has 4 aliphatic rings. The van der Waals surface area contributed by atoms with Gasteiger partial charge in [0.05, 0.1) is 0 Å². The monoisotopic (exact) mass is 411 g/mol. The molecule has 0 amide bonds. The van der Waals surface area contributed by atoms with Crippen LogP contribution in [0, 0.1) is 11.3 Å². The number of allylic oxidation sites excluding steroid dienone is 3. The van der Waals surface area contributed by atoms with Gasteiger partial charge in [-0.15, -0.1) is 0 Å². The summed E-state index contributed by atoms with van der Waals surface area (Å²) in [4.78, 5) is 12.1. The highest BCUT2D eigenvalue weighted by Crippen LogP contribution is 2.52. The van der Waals surface area contributed by atoms with E-state index < -0.39 is 0 Å². The molecule has 0 aromatic carbocycles. The van der Waals surface area contributed by atoms with Crippen LogP contribution in [0.25, 0.3) is 0 Å². The lowest BCUT2D eigenvalue weighted by atomic mass is 9.70. The van der Waals surface area contributed by atoms with Crippen LogP contribution in [0.5, 0.6) is 0 Å². The molecular weight excluding hydrogens is 370 g/mol. The van der Waals surface area contributed by atoms with Crippen LogP contribution in [0.3, 0.4) is 0 Å². The van der Waals surface area contributed by atoms with Crippen LogP contribution in [0.15, 0.2) is 45.7 Å². The predicted molar refractivity (Wildman–Crippen MR) is 129 cm³/mol. The van der Waals surface area contributed by atoms with Gasteiger partial charge in [0.15, 0.2) is 0 Å². The van der Waals surface area contributed by atoms with Crippen LogP contribution in [0.2, 0.25) is 0 Å². The van der Waals surface area contributed by atoms with Crippen LogP contribution in [-0.4, -0.2) is 49.8 Å². The zero-order chi connectivity index (χ0) is 21.6. The Morgan fingerprint density at radius 2 is 1.93 bits per heavy atom. The van der Waals surface area contributed by atoms with E-state index in [4.69, 9.17) is 4.99 Å². The molecule has 166 valence electrons. The summed E-state index contributed by atoms with van der Waals surface area (Å²) in [6.45, 7) is 8.68. The largest absolute Gasteiger partial charge is 0.353 e. The van der Waals surface area contributed by atoms with Gasteiger partial charge in [0.2, 0.25) is 0 Å². The fourth-order valence-corrected chi connectivity index (χ4v) is 5.42. The fraction of sp³-hybridized carbons (Fsp3) is 0.680. The molecular formula is C25H41N5. The van der Waals surface area contributed by atoms with Crippen molar-refractivity contribution in [3.05, 3.63) is 35.7 Å². The molecule has 2 bridgehead atoms. The molecule has 0 spiro atoms. The van der Waals surface area contributed by atoms with Crippen molar-refractivity contribution in [1.29, 1.82) is 0 Å². The highest BCUT2D eigenvalue weighted by atomic mass is 15.3. The lowest BCUT2D eigenvalue weighted by molar-refractivity contribution is 0.183. The number of hydrogen-bond donors (Lipinski definition) is 2. The summed E-state index contributed by atoms with van der Waals surface area (Å²) in [5.41, 5.74) is 1.87. The van der Waals surface area contributed by atoms with Crippen molar-refractivity contribution in [3.8, 4) is 0 Å². The van der Waals surface area contributed by atoms with Crippen molar-refractivity contribution < 1.29 is 0 Å². The Hall–Kier alpha value is -1.88. The molecule has 2 N–H and O–H groups in total. The molecule has 0 aromatic heterocycles. The zero-order valence-corrected chi connectivity index (χ0v) is 19.7. The minimum atomic E-state index is 0.438. The molecule has 0 atom stereocenters. The Morgan fingerprint density at radius 3 is 2.53 bits per heavy atom. The summed E-state index contributed by atoms with van der Waals surface area (Å²) in [7, 11) is 3.92. The van der Waals surface area contributed by atoms with E-state index in [1.54, 1.807) is 0 Å². The van der Waals surface area contributed by atoms with Crippen LogP contribution in [0.4, 0.5) is 0 Å². The quantitative estimate of drug-likeness (QED) is 0.451. The van der Waals surface area contributed by atoms with Crippen molar-refractivity contribution in [1.82, 2.24) is 15.5 Å². The van der Waals surface area contributed by atoms with E-state index in [1.807, 2.05) is 20.0 Å². The Labute approximate surface area is 183 Å². The van der Waals surface area contributed by atoms with E-state index >= 15 is 0 Å². The zero-order valence-electron chi connectivity index (χ0n) is 19.7. The molecule has 0 aromatic rings. The smallest absolute Gasteiger partial charge is 0.133 e. The molecule has 2 heterocycles. The van der Waals surface area contributed by atoms with E-state index in [1.165, 1.54) is 44.1 Å². The van der Waals surface area contributed by atoms with Gasteiger partial charge in [-0.3, -0.25) is 4.99 Å². The van der Waals surface area contributed by atoms with Gasteiger partial charge in [-0.1, -0.05) is 31.4 Å². The lowest BCUT2D eigenvalue weighted by Crippen LogP contribution is -2.41. The summed E-state index contributed by atoms with van der Waals surface area (Å²) in [5, 5.41) is 6.88. The third kappa shape index (κ3) is 5.23. The van der Waals surface area contributed by atoms with Gasteiger partial charge in [-0.25, -0.2) is 4.99 Å². The Balaban J connectivity index is 1.76. The van der Waals surface area contributed by atoms with Crippen LogP contribution < -0.4 is 10.6 Å². The van der Waals surface area contributed by atoms with E-state index in [9.17, 15) is 0 Å². The number of aliphatic imine (C=N–C) groups is 2. The molecule has 4 rings (SSSR count). The first-order valence-corrected chi connectivity index (χ1v) is 11.8. The van der Waals surface area contributed by atoms with E-state index in [2.05, 4.69) is 59.6 Å². The summed E-state index contributed by atoms with van der Waals surface area (Å²) in [6.07, 6.45) is 17.4. The normalized spacial score (nSPS) is 28.6. The molecule has 30 heavy (non-hydrogen) atoms. The molecule has 0 radical (unpaired) electrons. The van der Waals surface area contributed by atoms with Gasteiger partial charge in [0.25, 0.3) is 0 Å². The minimum absolute atomic E-state index is 0.438. The topological polar surface area (TPSA) is 52.0 Å². The van der Waals surface area contributed by atoms with E-state index in [0.29, 0.717) is 17.4 Å². The number of nitrogens with one attached hydrogen (secondary N) is 2. The molecule has 0 unspecified atom stereocenters. The molecule has 5 nitrogen and oxygen atoms in total. The first-order chi connectivity index (χ1) is 14.5. The van der Waals surface area contributed by atoms with Gasteiger partial charge in [-0.2, -0.15) is 0 Å². The first kappa shape index (κ1) is 22.8. The molecule has 2 aliphatic carbocycles. The van der Waals surface area contributed by atoms with Crippen molar-refractivity contribution >= 4 is 11.7 Å². The maximum Gasteiger partial charge on any atom is 0.133 e. The second-order valence-corrected chi connectivity index (χ2v) is 9.29. The van der Waals surface area contributed by atoms with Crippen molar-refractivity contribution in [3.63, 3.8) is 0 Å². The molecule has 4 fully saturated rings. The second kappa shape index (κ2) is 10.4. The molecule has 5 heteroatoms. The molecule has 2 aliphatic heterocycles. The SMILES string of the molecule is C\C=C/C(=N\C(=C\CC)N1CC2(CNC)CC1C2)NC(/C=C(\C)C1CCCC1)=NC. The van der Waals surface area contributed by atoms with Crippen molar-refractivity contribution in [2.75, 3.05) is 27.2 Å². The third-order valence-electron chi connectivity index (χ3n) is 6.94. The summed E-state index contributed by atoms with van der Waals surface area (Å²) in [6, 6.07) is 0.635. The Bertz CT molecular complexity index is 731. The van der Waals surface area contributed by atoms with Crippen molar-refractivity contribution in [2.24, 2.45) is 21.3 Å². The average molecular weight is 412 g/mol. The minimum Gasteiger partial charge on any atom is -0.353 e. The number of amidine groups is 2. The summed E-state index contributed by atoms with van der Waals surface area (Å²) >= 11 is 0. The van der Waals surface area contributed by atoms with Crippen LogP contribution in [0.1, 0.15) is 65.7 Å². The fourth-order valence-electron chi connectivity index (χ4n) is 5.42. The lowest BCUT2D eigenvalue weighted by Gasteiger charge is -2.36. The summed E-state index contributed by atoms with van der Waals surface area (Å²) in [5.74, 6) is 3.57. The first-order valence-electron chi connectivity index (χ1n) is 11.8. The van der Waals surface area contributed by atoms with E-state index in [0.717, 1.165) is 37.0 Å². The average Bonchev–Trinajstić information content (AvgIpc) is 3.42. The molecule has 2 saturated carbocycles. The Kier molecular flexibility index (Phi) is 7.93. The number of nitrogens with zero attached hydrogens (tertiary/aromatic N) is 3. The number of hydrogen-bond acceptors (Lipinski definition) is 4. The highest BCUT2D eigenvalue weighted by molar-refractivity contribution is 6.10. The van der Waals surface area contributed by atoms with Crippen LogP contribution >= 0.6 is 0 Å². The molecule has 2 saturated heterocycles. The second-order valence-electron chi connectivity index (χ2n) is 9.29. The van der Waals surface area contributed by atoms with Gasteiger partial charge in [0.1, 0.15) is 17.5 Å². The number of fused-ring (bicyclic) bond motifs is 1. The van der Waals surface area contributed by atoms with Gasteiger partial charge < -0.3 is 15.5 Å². The van der Waals surface area contributed by atoms with Gasteiger partial charge in [0, 0.05) is 31.6 Å².